The maximum atomic E-state index is 13.1. The highest BCUT2D eigenvalue weighted by Gasteiger charge is 2.29. The highest BCUT2D eigenvalue weighted by atomic mass is 32.2. The molecule has 2 aliphatic heterocycles. The Bertz CT molecular complexity index is 1580. The molecular formula is C36H43N5O5S. The Kier molecular flexibility index (Phi) is 11.8. The van der Waals surface area contributed by atoms with Crippen molar-refractivity contribution in [3.8, 4) is 0 Å². The predicted octanol–water partition coefficient (Wildman–Crippen LogP) is 5.10. The predicted molar refractivity (Wildman–Crippen MR) is 182 cm³/mol. The van der Waals surface area contributed by atoms with Crippen LogP contribution in [0.3, 0.4) is 0 Å². The number of nitrogens with zero attached hydrogens (tertiary/aromatic N) is 3. The molecule has 1 unspecified atom stereocenters. The van der Waals surface area contributed by atoms with E-state index in [1.165, 1.54) is 11.8 Å². The Labute approximate surface area is 278 Å². The molecule has 0 bridgehead atoms. The minimum absolute atomic E-state index is 0.0201. The normalized spacial score (nSPS) is 16.9. The number of rotatable bonds is 12. The van der Waals surface area contributed by atoms with Gasteiger partial charge in [-0.1, -0.05) is 61.9 Å². The van der Waals surface area contributed by atoms with E-state index < -0.39 is 11.1 Å². The summed E-state index contributed by atoms with van der Waals surface area (Å²) in [5, 5.41) is 11.2. The third kappa shape index (κ3) is 9.27. The lowest BCUT2D eigenvalue weighted by Gasteiger charge is -2.32. The number of piperidine rings is 2. The second kappa shape index (κ2) is 16.2. The van der Waals surface area contributed by atoms with Crippen LogP contribution < -0.4 is 5.32 Å². The number of ketones is 1. The van der Waals surface area contributed by atoms with Crippen LogP contribution in [0.4, 0.5) is 0 Å². The first-order chi connectivity index (χ1) is 22.7. The summed E-state index contributed by atoms with van der Waals surface area (Å²) in [5.74, 6) is -0.555. The van der Waals surface area contributed by atoms with Crippen molar-refractivity contribution in [1.82, 2.24) is 20.1 Å². The summed E-state index contributed by atoms with van der Waals surface area (Å²) in [5.41, 5.74) is 4.83. The molecule has 0 radical (unpaired) electrons. The number of aromatic nitrogens is 1. The number of amides is 2. The van der Waals surface area contributed by atoms with Crippen molar-refractivity contribution in [3.05, 3.63) is 100 Å². The quantitative estimate of drug-likeness (QED) is 0.140. The van der Waals surface area contributed by atoms with E-state index in [0.29, 0.717) is 48.3 Å². The Morgan fingerprint density at radius 2 is 1.49 bits per heavy atom. The van der Waals surface area contributed by atoms with Crippen LogP contribution in [0.15, 0.2) is 66.9 Å². The van der Waals surface area contributed by atoms with Crippen molar-refractivity contribution in [2.75, 3.05) is 26.2 Å². The summed E-state index contributed by atoms with van der Waals surface area (Å²) in [6.45, 7) is 5.59. The van der Waals surface area contributed by atoms with Gasteiger partial charge in [0, 0.05) is 62.2 Å². The molecule has 2 aliphatic rings. The van der Waals surface area contributed by atoms with Gasteiger partial charge in [0.1, 0.15) is 5.69 Å². The van der Waals surface area contributed by atoms with E-state index in [4.69, 9.17) is 9.96 Å². The first kappa shape index (κ1) is 34.3. The van der Waals surface area contributed by atoms with Crippen LogP contribution >= 0.6 is 0 Å². The number of carbonyl (C=O) groups excluding carboxylic acids is 3. The summed E-state index contributed by atoms with van der Waals surface area (Å²) in [7, 11) is 0. The van der Waals surface area contributed by atoms with Gasteiger partial charge < -0.3 is 20.2 Å². The van der Waals surface area contributed by atoms with Gasteiger partial charge in [0.25, 0.3) is 11.8 Å². The van der Waals surface area contributed by atoms with Crippen molar-refractivity contribution in [2.24, 2.45) is 5.92 Å². The van der Waals surface area contributed by atoms with E-state index in [1.54, 1.807) is 41.3 Å². The molecule has 0 spiro atoms. The molecule has 10 nitrogen and oxygen atoms in total. The van der Waals surface area contributed by atoms with Gasteiger partial charge in [-0.15, -0.1) is 0 Å². The highest BCUT2D eigenvalue weighted by Crippen LogP contribution is 2.24. The Hall–Kier alpha value is -4.06. The molecule has 11 heteroatoms. The molecule has 2 fully saturated rings. The van der Waals surface area contributed by atoms with E-state index in [-0.39, 0.29) is 41.0 Å². The second-order valence-electron chi connectivity index (χ2n) is 12.5. The van der Waals surface area contributed by atoms with Gasteiger partial charge in [-0.25, -0.2) is 4.21 Å². The van der Waals surface area contributed by atoms with Crippen LogP contribution in [0.2, 0.25) is 0 Å². The molecular weight excluding hydrogens is 614 g/mol. The van der Waals surface area contributed by atoms with E-state index >= 15 is 0 Å². The number of pyridine rings is 1. The molecule has 3 aromatic rings. The Balaban J connectivity index is 1.04. The maximum absolute atomic E-state index is 13.1. The monoisotopic (exact) mass is 657 g/mol. The number of benzene rings is 2. The van der Waals surface area contributed by atoms with Crippen LogP contribution in [0, 0.1) is 11.3 Å². The lowest BCUT2D eigenvalue weighted by Crippen LogP contribution is -2.44. The first-order valence-corrected chi connectivity index (χ1v) is 17.6. The van der Waals surface area contributed by atoms with Crippen molar-refractivity contribution >= 4 is 34.4 Å². The Morgan fingerprint density at radius 1 is 0.872 bits per heavy atom. The zero-order valence-electron chi connectivity index (χ0n) is 26.8. The SMILES string of the molecule is CCCC(=N)c1ccc(CN2CCC(NC(=O)c3ccc(C(=O)N4CCC(C(=O)c5ccc(CS(=O)O)cc5)CC4)cn3)CC2)cc1. The van der Waals surface area contributed by atoms with Gasteiger partial charge in [-0.2, -0.15) is 0 Å². The number of hydrogen-bond acceptors (Lipinski definition) is 7. The number of likely N-dealkylation sites (tertiary alicyclic amines) is 2. The summed E-state index contributed by atoms with van der Waals surface area (Å²) in [4.78, 5) is 47.5. The first-order valence-electron chi connectivity index (χ1n) is 16.4. The average molecular weight is 658 g/mol. The molecule has 1 aromatic heterocycles. The maximum Gasteiger partial charge on any atom is 0.270 e. The summed E-state index contributed by atoms with van der Waals surface area (Å²) in [6, 6.07) is 18.4. The zero-order chi connectivity index (χ0) is 33.3. The molecule has 2 amide bonds. The fraction of sp³-hybridized carbons (Fsp3) is 0.417. The molecule has 47 heavy (non-hydrogen) atoms. The zero-order valence-corrected chi connectivity index (χ0v) is 27.6. The molecule has 2 saturated heterocycles. The minimum atomic E-state index is -1.93. The van der Waals surface area contributed by atoms with Gasteiger partial charge in [-0.3, -0.25) is 24.3 Å². The van der Waals surface area contributed by atoms with E-state index in [2.05, 4.69) is 34.3 Å². The molecule has 1 atom stereocenters. The third-order valence-corrected chi connectivity index (χ3v) is 9.64. The second-order valence-corrected chi connectivity index (χ2v) is 13.4. The standard InChI is InChI=1S/C36H43N5O5S/c1-2-3-32(37)27-8-4-25(5-9-27)23-40-18-16-31(17-19-40)39-35(43)33-13-12-30(22-38-33)36(44)41-20-14-29(15-21-41)34(42)28-10-6-26(7-11-28)24-47(45)46/h4-13,22,29,31,37H,2-3,14-21,23-24H2,1H3,(H,39,43)(H,45,46). The van der Waals surface area contributed by atoms with Gasteiger partial charge >= 0.3 is 0 Å². The van der Waals surface area contributed by atoms with E-state index in [1.807, 2.05) is 12.1 Å². The van der Waals surface area contributed by atoms with Crippen LogP contribution in [-0.2, 0) is 23.4 Å². The summed E-state index contributed by atoms with van der Waals surface area (Å²) >= 11 is -1.93. The number of nitrogens with one attached hydrogen (secondary N) is 2. The van der Waals surface area contributed by atoms with Crippen molar-refractivity contribution in [1.29, 1.82) is 5.41 Å². The van der Waals surface area contributed by atoms with Crippen LogP contribution in [-0.4, -0.2) is 79.1 Å². The van der Waals surface area contributed by atoms with Gasteiger partial charge in [0.05, 0.1) is 11.3 Å². The fourth-order valence-electron chi connectivity index (χ4n) is 6.28. The van der Waals surface area contributed by atoms with Crippen LogP contribution in [0.5, 0.6) is 0 Å². The van der Waals surface area contributed by atoms with E-state index in [0.717, 1.165) is 50.9 Å². The van der Waals surface area contributed by atoms with Crippen molar-refractivity contribution in [3.63, 3.8) is 0 Å². The van der Waals surface area contributed by atoms with Gasteiger partial charge in [0.2, 0.25) is 0 Å². The van der Waals surface area contributed by atoms with E-state index in [9.17, 15) is 18.6 Å². The van der Waals surface area contributed by atoms with Crippen molar-refractivity contribution in [2.45, 2.75) is 63.8 Å². The van der Waals surface area contributed by atoms with Crippen molar-refractivity contribution < 1.29 is 23.1 Å². The third-order valence-electron chi connectivity index (χ3n) is 9.06. The lowest BCUT2D eigenvalue weighted by molar-refractivity contribution is 0.0649. The van der Waals surface area contributed by atoms with Gasteiger partial charge in [0.15, 0.2) is 16.9 Å². The molecule has 5 rings (SSSR count). The molecule has 0 saturated carbocycles. The van der Waals surface area contributed by atoms with Crippen LogP contribution in [0.1, 0.15) is 93.3 Å². The molecule has 3 N–H and O–H groups in total. The molecule has 248 valence electrons. The molecule has 2 aromatic carbocycles. The topological polar surface area (TPSA) is 144 Å². The lowest BCUT2D eigenvalue weighted by atomic mass is 9.88. The number of carbonyl (C=O) groups is 3. The number of hydrogen-bond donors (Lipinski definition) is 3. The van der Waals surface area contributed by atoms with Gasteiger partial charge in [-0.05, 0) is 60.9 Å². The van der Waals surface area contributed by atoms with Crippen LogP contribution in [0.25, 0.3) is 0 Å². The molecule has 0 aliphatic carbocycles. The summed E-state index contributed by atoms with van der Waals surface area (Å²) < 4.78 is 20.1. The minimum Gasteiger partial charge on any atom is -0.348 e. The fourth-order valence-corrected chi connectivity index (χ4v) is 6.76. The summed E-state index contributed by atoms with van der Waals surface area (Å²) in [6.07, 6.45) is 6.00. The number of Topliss-reactive ketones (excluding diaryl/α,β-unsaturated/α-hetero) is 1. The highest BCUT2D eigenvalue weighted by molar-refractivity contribution is 7.78. The molecule has 3 heterocycles. The smallest absolute Gasteiger partial charge is 0.270 e. The largest absolute Gasteiger partial charge is 0.348 e. The average Bonchev–Trinajstić information content (AvgIpc) is 3.09. The Morgan fingerprint density at radius 3 is 2.09 bits per heavy atom.